The largest absolute Gasteiger partial charge is 0.508 e. The quantitative estimate of drug-likeness (QED) is 0.588. The van der Waals surface area contributed by atoms with Gasteiger partial charge in [0.2, 0.25) is 10.0 Å². The van der Waals surface area contributed by atoms with Gasteiger partial charge >= 0.3 is 0 Å². The maximum atomic E-state index is 13.0. The average molecular weight is 491 g/mol. The van der Waals surface area contributed by atoms with Crippen LogP contribution in [0.15, 0.2) is 64.0 Å². The Morgan fingerprint density at radius 2 is 1.73 bits per heavy atom. The Kier molecular flexibility index (Phi) is 6.02. The Hall–Kier alpha value is -2.13. The molecule has 6 nitrogen and oxygen atoms in total. The summed E-state index contributed by atoms with van der Waals surface area (Å²) in [5.74, 6) is 0.970. The molecule has 0 atom stereocenters. The van der Waals surface area contributed by atoms with E-state index in [0.717, 1.165) is 22.1 Å². The van der Waals surface area contributed by atoms with Crippen LogP contribution in [-0.4, -0.2) is 56.0 Å². The predicted molar refractivity (Wildman–Crippen MR) is 120 cm³/mol. The molecule has 0 saturated carbocycles. The second-order valence-electron chi connectivity index (χ2n) is 7.26. The molecule has 8 heteroatoms. The Balaban J connectivity index is 1.52. The summed E-state index contributed by atoms with van der Waals surface area (Å²) in [5, 5.41) is 12.5. The fourth-order valence-corrected chi connectivity index (χ4v) is 6.17. The van der Waals surface area contributed by atoms with Crippen molar-refractivity contribution in [3.63, 3.8) is 0 Å². The number of halogens is 1. The van der Waals surface area contributed by atoms with Crippen LogP contribution in [0.5, 0.6) is 11.5 Å². The van der Waals surface area contributed by atoms with Crippen molar-refractivity contribution < 1.29 is 18.3 Å². The number of aromatic hydroxyl groups is 1. The van der Waals surface area contributed by atoms with E-state index >= 15 is 0 Å². The van der Waals surface area contributed by atoms with Crippen molar-refractivity contribution >= 4 is 36.7 Å². The minimum absolute atomic E-state index is 0.235. The summed E-state index contributed by atoms with van der Waals surface area (Å²) >= 11 is 3.34. The molecule has 30 heavy (non-hydrogen) atoms. The van der Waals surface area contributed by atoms with Crippen molar-refractivity contribution in [3.8, 4) is 11.5 Å². The summed E-state index contributed by atoms with van der Waals surface area (Å²) in [5.41, 5.74) is 0.827. The first kappa shape index (κ1) is 21.1. The number of methoxy groups -OCH3 is 1. The van der Waals surface area contributed by atoms with E-state index in [1.807, 2.05) is 24.3 Å². The number of hydrogen-bond donors (Lipinski definition) is 1. The molecule has 1 N–H and O–H groups in total. The number of phenols is 1. The van der Waals surface area contributed by atoms with Crippen LogP contribution in [-0.2, 0) is 16.6 Å². The van der Waals surface area contributed by atoms with Crippen molar-refractivity contribution in [2.75, 3.05) is 33.3 Å². The third-order valence-corrected chi connectivity index (χ3v) is 8.39. The van der Waals surface area contributed by atoms with Crippen LogP contribution < -0.4 is 4.74 Å². The third-order valence-electron chi connectivity index (χ3n) is 5.48. The number of benzene rings is 3. The van der Waals surface area contributed by atoms with Crippen LogP contribution >= 0.6 is 15.9 Å². The summed E-state index contributed by atoms with van der Waals surface area (Å²) in [6, 6.07) is 16.3. The van der Waals surface area contributed by atoms with Gasteiger partial charge in [0, 0.05) is 42.8 Å². The predicted octanol–water partition coefficient (Wildman–Crippen LogP) is 3.82. The monoisotopic (exact) mass is 490 g/mol. The van der Waals surface area contributed by atoms with Gasteiger partial charge in [-0.05, 0) is 57.0 Å². The number of fused-ring (bicyclic) bond motifs is 1. The topological polar surface area (TPSA) is 70.1 Å². The molecule has 1 aliphatic rings. The van der Waals surface area contributed by atoms with Gasteiger partial charge in [-0.25, -0.2) is 8.42 Å². The highest BCUT2D eigenvalue weighted by molar-refractivity contribution is 9.10. The molecule has 0 unspecified atom stereocenters. The van der Waals surface area contributed by atoms with E-state index in [-0.39, 0.29) is 10.6 Å². The fourth-order valence-electron chi connectivity index (χ4n) is 3.79. The number of piperazine rings is 1. The Morgan fingerprint density at radius 3 is 2.43 bits per heavy atom. The lowest BCUT2D eigenvalue weighted by Crippen LogP contribution is -2.48. The van der Waals surface area contributed by atoms with E-state index in [1.54, 1.807) is 37.4 Å². The first-order valence-electron chi connectivity index (χ1n) is 9.66. The van der Waals surface area contributed by atoms with Crippen LogP contribution in [0.1, 0.15) is 5.56 Å². The van der Waals surface area contributed by atoms with Crippen LogP contribution in [0.2, 0.25) is 0 Å². The number of phenolic OH excluding ortho intramolecular Hbond substituents is 1. The SMILES string of the molecule is COc1ccc2ccc(O)c(CN3CCN(S(=O)(=O)c4ccccc4Br)CC3)c2c1. The first-order chi connectivity index (χ1) is 14.4. The molecule has 1 heterocycles. The van der Waals surface area contributed by atoms with Gasteiger partial charge in [0.1, 0.15) is 11.5 Å². The molecule has 0 spiro atoms. The minimum atomic E-state index is -3.55. The van der Waals surface area contributed by atoms with E-state index in [9.17, 15) is 13.5 Å². The standard InChI is InChI=1S/C22H23BrN2O4S/c1-29-17-8-6-16-7-9-21(26)19(18(16)14-17)15-24-10-12-25(13-11-24)30(27,28)22-5-3-2-4-20(22)23/h2-9,14,26H,10-13,15H2,1H3. The van der Waals surface area contributed by atoms with Crippen LogP contribution in [0.25, 0.3) is 10.8 Å². The summed E-state index contributed by atoms with van der Waals surface area (Å²) in [7, 11) is -1.93. The van der Waals surface area contributed by atoms with E-state index in [1.165, 1.54) is 4.31 Å². The average Bonchev–Trinajstić information content (AvgIpc) is 2.76. The van der Waals surface area contributed by atoms with Gasteiger partial charge in [0.05, 0.1) is 12.0 Å². The fraction of sp³-hybridized carbons (Fsp3) is 0.273. The van der Waals surface area contributed by atoms with Gasteiger partial charge in [0.25, 0.3) is 0 Å². The molecule has 1 aliphatic heterocycles. The van der Waals surface area contributed by atoms with Crippen molar-refractivity contribution in [2.45, 2.75) is 11.4 Å². The van der Waals surface area contributed by atoms with Crippen LogP contribution in [0.3, 0.4) is 0 Å². The Bertz CT molecular complexity index is 1170. The molecule has 0 amide bonds. The molecule has 1 saturated heterocycles. The lowest BCUT2D eigenvalue weighted by Gasteiger charge is -2.34. The van der Waals surface area contributed by atoms with Crippen molar-refractivity contribution in [1.82, 2.24) is 9.21 Å². The van der Waals surface area contributed by atoms with Gasteiger partial charge < -0.3 is 9.84 Å². The zero-order valence-electron chi connectivity index (χ0n) is 16.6. The van der Waals surface area contributed by atoms with E-state index < -0.39 is 10.0 Å². The number of hydrogen-bond acceptors (Lipinski definition) is 5. The highest BCUT2D eigenvalue weighted by Gasteiger charge is 2.30. The molecule has 0 aliphatic carbocycles. The molecular weight excluding hydrogens is 468 g/mol. The van der Waals surface area contributed by atoms with Gasteiger partial charge in [-0.15, -0.1) is 0 Å². The van der Waals surface area contributed by atoms with Crippen LogP contribution in [0.4, 0.5) is 0 Å². The smallest absolute Gasteiger partial charge is 0.244 e. The van der Waals surface area contributed by atoms with Gasteiger partial charge in [-0.2, -0.15) is 4.31 Å². The van der Waals surface area contributed by atoms with E-state index in [0.29, 0.717) is 37.2 Å². The molecular formula is C22H23BrN2O4S. The van der Waals surface area contributed by atoms with Crippen molar-refractivity contribution in [3.05, 3.63) is 64.6 Å². The lowest BCUT2D eigenvalue weighted by molar-refractivity contribution is 0.180. The van der Waals surface area contributed by atoms with Gasteiger partial charge in [-0.3, -0.25) is 4.90 Å². The third kappa shape index (κ3) is 4.05. The molecule has 158 valence electrons. The summed E-state index contributed by atoms with van der Waals surface area (Å²) < 4.78 is 33.4. The summed E-state index contributed by atoms with van der Waals surface area (Å²) in [4.78, 5) is 2.46. The number of nitrogens with zero attached hydrogens (tertiary/aromatic N) is 2. The zero-order valence-corrected chi connectivity index (χ0v) is 19.0. The molecule has 0 radical (unpaired) electrons. The molecule has 0 aromatic heterocycles. The number of sulfonamides is 1. The Labute approximate surface area is 184 Å². The molecule has 1 fully saturated rings. The Morgan fingerprint density at radius 1 is 1.03 bits per heavy atom. The number of ether oxygens (including phenoxy) is 1. The summed E-state index contributed by atoms with van der Waals surface area (Å²) in [6.07, 6.45) is 0. The molecule has 0 bridgehead atoms. The normalized spacial score (nSPS) is 16.1. The molecule has 3 aromatic carbocycles. The van der Waals surface area contributed by atoms with Gasteiger partial charge in [-0.1, -0.05) is 24.3 Å². The zero-order chi connectivity index (χ0) is 21.3. The highest BCUT2D eigenvalue weighted by atomic mass is 79.9. The maximum Gasteiger partial charge on any atom is 0.244 e. The van der Waals surface area contributed by atoms with Crippen molar-refractivity contribution in [1.29, 1.82) is 0 Å². The summed E-state index contributed by atoms with van der Waals surface area (Å²) in [6.45, 7) is 2.52. The lowest BCUT2D eigenvalue weighted by atomic mass is 10.0. The van der Waals surface area contributed by atoms with Crippen LogP contribution in [0, 0.1) is 0 Å². The first-order valence-corrected chi connectivity index (χ1v) is 11.9. The second-order valence-corrected chi connectivity index (χ2v) is 10.0. The molecule has 3 aromatic rings. The molecule has 4 rings (SSSR count). The van der Waals surface area contributed by atoms with E-state index in [2.05, 4.69) is 20.8 Å². The van der Waals surface area contributed by atoms with E-state index in [4.69, 9.17) is 4.74 Å². The van der Waals surface area contributed by atoms with Crippen molar-refractivity contribution in [2.24, 2.45) is 0 Å². The highest BCUT2D eigenvalue weighted by Crippen LogP contribution is 2.32. The second kappa shape index (κ2) is 8.55. The maximum absolute atomic E-state index is 13.0. The number of rotatable bonds is 5. The van der Waals surface area contributed by atoms with Gasteiger partial charge in [0.15, 0.2) is 0 Å². The minimum Gasteiger partial charge on any atom is -0.508 e.